The molecule has 0 aromatic heterocycles. The van der Waals surface area contributed by atoms with E-state index in [0.717, 1.165) is 0 Å². The monoisotopic (exact) mass is 444 g/mol. The molecule has 2 aromatic rings. The molecule has 0 spiro atoms. The highest BCUT2D eigenvalue weighted by Crippen LogP contribution is 2.63. The molecule has 1 aliphatic heterocycles. The largest absolute Gasteiger partial charge is 0.370 e. The Labute approximate surface area is 194 Å². The van der Waals surface area contributed by atoms with E-state index in [-0.39, 0.29) is 0 Å². The number of aryl methyl sites for hydroxylation is 1. The molecule has 2 aromatic carbocycles. The van der Waals surface area contributed by atoms with Gasteiger partial charge in [-0.3, -0.25) is 0 Å². The molecule has 1 fully saturated rings. The van der Waals surface area contributed by atoms with E-state index in [2.05, 4.69) is 113 Å². The molecule has 2 nitrogen and oxygen atoms in total. The molecule has 0 amide bonds. The molecule has 168 valence electrons. The van der Waals surface area contributed by atoms with Crippen LogP contribution in [0.15, 0.2) is 66.8 Å². The number of likely N-dealkylation sites (N-methyl/N-ethyl adjacent to an activating group) is 1. The number of rotatable bonds is 4. The van der Waals surface area contributed by atoms with E-state index in [1.165, 1.54) is 27.7 Å². The molecule has 1 heterocycles. The molecule has 0 bridgehead atoms. The second kappa shape index (κ2) is 7.77. The summed E-state index contributed by atoms with van der Waals surface area (Å²) in [4.78, 5) is 2.55. The normalized spacial score (nSPS) is 28.4. The molecule has 3 aliphatic rings. The highest BCUT2D eigenvalue weighted by molar-refractivity contribution is 7.74. The van der Waals surface area contributed by atoms with E-state index in [0.29, 0.717) is 41.0 Å². The minimum atomic E-state index is -2.05. The van der Waals surface area contributed by atoms with Gasteiger partial charge in [-0.05, 0) is 46.7 Å². The van der Waals surface area contributed by atoms with Crippen LogP contribution in [-0.2, 0) is 0 Å². The lowest BCUT2D eigenvalue weighted by molar-refractivity contribution is 0.476. The minimum Gasteiger partial charge on any atom is -0.370 e. The first-order valence-corrected chi connectivity index (χ1v) is 14.1. The number of benzene rings is 2. The molecule has 0 saturated heterocycles. The fraction of sp³-hybridized carbons (Fsp3) is 0.448. The van der Waals surface area contributed by atoms with Crippen molar-refractivity contribution in [1.29, 1.82) is 5.16 Å². The average Bonchev–Trinajstić information content (AvgIpc) is 3.26. The van der Waals surface area contributed by atoms with E-state index >= 15 is 0 Å². The van der Waals surface area contributed by atoms with Crippen LogP contribution < -0.4 is 10.2 Å². The summed E-state index contributed by atoms with van der Waals surface area (Å²) in [7, 11) is 0.238. The quantitative estimate of drug-likeness (QED) is 0.493. The third-order valence-corrected chi connectivity index (χ3v) is 12.9. The highest BCUT2D eigenvalue weighted by Gasteiger charge is 2.56. The summed E-state index contributed by atoms with van der Waals surface area (Å²) in [5.41, 5.74) is 6.42. The van der Waals surface area contributed by atoms with Crippen molar-refractivity contribution >= 4 is 18.0 Å². The van der Waals surface area contributed by atoms with E-state index in [1.54, 1.807) is 0 Å². The van der Waals surface area contributed by atoms with E-state index in [9.17, 15) is 5.16 Å². The zero-order valence-corrected chi connectivity index (χ0v) is 21.2. The molecular formula is C29H37N2P. The van der Waals surface area contributed by atoms with Gasteiger partial charge in [0.25, 0.3) is 0 Å². The zero-order valence-electron chi connectivity index (χ0n) is 20.3. The Hall–Kier alpha value is -2.05. The first-order chi connectivity index (χ1) is 15.3. The van der Waals surface area contributed by atoms with Crippen molar-refractivity contribution < 1.29 is 0 Å². The van der Waals surface area contributed by atoms with Crippen molar-refractivity contribution in [1.82, 2.24) is 0 Å². The number of anilines is 1. The van der Waals surface area contributed by atoms with Crippen molar-refractivity contribution in [3.05, 3.63) is 83.5 Å². The summed E-state index contributed by atoms with van der Waals surface area (Å²) in [5.74, 6) is 1.87. The van der Waals surface area contributed by atoms with Crippen molar-refractivity contribution in [2.75, 3.05) is 11.9 Å². The SMILES string of the molecule is Cc1ccc2c(c1)C1C(c3ccccc3P(=N)(C(C)C)C(C)C)C3C=CC=CC3C1N2C. The van der Waals surface area contributed by atoms with Crippen molar-refractivity contribution in [2.24, 2.45) is 11.8 Å². The van der Waals surface area contributed by atoms with Crippen molar-refractivity contribution in [3.63, 3.8) is 0 Å². The van der Waals surface area contributed by atoms with Crippen LogP contribution in [0.5, 0.6) is 0 Å². The number of nitrogens with zero attached hydrogens (tertiary/aromatic N) is 1. The molecule has 32 heavy (non-hydrogen) atoms. The molecule has 1 saturated carbocycles. The topological polar surface area (TPSA) is 27.1 Å². The second-order valence-corrected chi connectivity index (χ2v) is 14.8. The average molecular weight is 445 g/mol. The second-order valence-electron chi connectivity index (χ2n) is 10.7. The van der Waals surface area contributed by atoms with Crippen molar-refractivity contribution in [3.8, 4) is 0 Å². The fourth-order valence-electron chi connectivity index (χ4n) is 6.99. The molecule has 5 atom stereocenters. The summed E-state index contributed by atoms with van der Waals surface area (Å²) in [5, 5.41) is 11.1. The van der Waals surface area contributed by atoms with Crippen LogP contribution in [0.4, 0.5) is 5.69 Å². The van der Waals surface area contributed by atoms with E-state index < -0.39 is 7.05 Å². The Kier molecular flexibility index (Phi) is 5.29. The van der Waals surface area contributed by atoms with Crippen LogP contribution in [0, 0.1) is 23.9 Å². The molecule has 5 unspecified atom stereocenters. The van der Waals surface area contributed by atoms with E-state index in [1.807, 2.05) is 0 Å². The summed E-state index contributed by atoms with van der Waals surface area (Å²) in [6, 6.07) is 16.6. The van der Waals surface area contributed by atoms with Gasteiger partial charge < -0.3 is 10.1 Å². The Morgan fingerprint density at radius 2 is 1.50 bits per heavy atom. The third-order valence-electron chi connectivity index (χ3n) is 8.48. The Balaban J connectivity index is 1.75. The standard InChI is InChI=1S/C29H37N2P/c1-18(2)32(30,19(3)4)26-14-10-9-13-23(26)27-21-11-7-8-12-22(21)29-28(27)24-17-20(5)15-16-25(24)31(29)6/h7-19,21-22,27-30H,1-6H3. The van der Waals surface area contributed by atoms with Gasteiger partial charge in [0.2, 0.25) is 0 Å². The maximum absolute atomic E-state index is 9.78. The molecule has 5 rings (SSSR count). The van der Waals surface area contributed by atoms with Gasteiger partial charge in [-0.1, -0.05) is 94.0 Å². The third kappa shape index (κ3) is 2.95. The van der Waals surface area contributed by atoms with Gasteiger partial charge >= 0.3 is 0 Å². The first kappa shape index (κ1) is 21.8. The van der Waals surface area contributed by atoms with Gasteiger partial charge in [-0.2, -0.15) is 0 Å². The maximum Gasteiger partial charge on any atom is 0.0430 e. The van der Waals surface area contributed by atoms with Crippen LogP contribution in [0.2, 0.25) is 0 Å². The van der Waals surface area contributed by atoms with Gasteiger partial charge in [-0.15, -0.1) is 0 Å². The lowest BCUT2D eigenvalue weighted by atomic mass is 9.78. The van der Waals surface area contributed by atoms with Crippen LogP contribution in [0.3, 0.4) is 0 Å². The van der Waals surface area contributed by atoms with Gasteiger partial charge in [0.15, 0.2) is 0 Å². The first-order valence-electron chi connectivity index (χ1n) is 12.2. The summed E-state index contributed by atoms with van der Waals surface area (Å²) >= 11 is 0. The lowest BCUT2D eigenvalue weighted by Crippen LogP contribution is -2.34. The number of nitrogens with one attached hydrogen (secondary N) is 1. The summed E-state index contributed by atoms with van der Waals surface area (Å²) in [6.07, 6.45) is 9.41. The van der Waals surface area contributed by atoms with Gasteiger partial charge in [0, 0.05) is 43.6 Å². The number of hydrogen-bond acceptors (Lipinski definition) is 2. The maximum atomic E-state index is 9.78. The minimum absolute atomic E-state index is 0.360. The van der Waals surface area contributed by atoms with Crippen LogP contribution >= 0.6 is 7.05 Å². The summed E-state index contributed by atoms with van der Waals surface area (Å²) in [6.45, 7) is 11.3. The van der Waals surface area contributed by atoms with E-state index in [4.69, 9.17) is 0 Å². The highest BCUT2D eigenvalue weighted by atomic mass is 31.2. The number of fused-ring (bicyclic) bond motifs is 5. The fourth-order valence-corrected chi connectivity index (χ4v) is 10.3. The molecule has 3 heteroatoms. The smallest absolute Gasteiger partial charge is 0.0430 e. The number of allylic oxidation sites excluding steroid dienone is 3. The Bertz CT molecular complexity index is 1130. The Morgan fingerprint density at radius 1 is 0.844 bits per heavy atom. The van der Waals surface area contributed by atoms with Gasteiger partial charge in [0.1, 0.15) is 0 Å². The molecule has 0 radical (unpaired) electrons. The van der Waals surface area contributed by atoms with Crippen molar-refractivity contribution in [2.45, 2.75) is 63.8 Å². The summed E-state index contributed by atoms with van der Waals surface area (Å²) < 4.78 is 0. The number of hydrogen-bond donors (Lipinski definition) is 1. The predicted octanol–water partition coefficient (Wildman–Crippen LogP) is 7.27. The van der Waals surface area contributed by atoms with Crippen LogP contribution in [0.1, 0.15) is 56.2 Å². The van der Waals surface area contributed by atoms with Gasteiger partial charge in [-0.25, -0.2) is 0 Å². The zero-order chi connectivity index (χ0) is 22.8. The van der Waals surface area contributed by atoms with Crippen LogP contribution in [0.25, 0.3) is 0 Å². The molecule has 1 N–H and O–H groups in total. The van der Waals surface area contributed by atoms with Gasteiger partial charge in [0.05, 0.1) is 0 Å². The van der Waals surface area contributed by atoms with Crippen LogP contribution in [-0.4, -0.2) is 24.4 Å². The lowest BCUT2D eigenvalue weighted by Gasteiger charge is -2.36. The molecule has 2 aliphatic carbocycles. The Morgan fingerprint density at radius 3 is 2.19 bits per heavy atom. The predicted molar refractivity (Wildman–Crippen MR) is 140 cm³/mol. The molecular weight excluding hydrogens is 407 g/mol.